The van der Waals surface area contributed by atoms with Gasteiger partial charge in [-0.2, -0.15) is 13.2 Å². The molecule has 1 N–H and O–H groups in total. The summed E-state index contributed by atoms with van der Waals surface area (Å²) in [6.45, 7) is 0.681. The van der Waals surface area contributed by atoms with Gasteiger partial charge in [-0.25, -0.2) is 0 Å². The summed E-state index contributed by atoms with van der Waals surface area (Å²) in [6.07, 6.45) is -3.42. The van der Waals surface area contributed by atoms with Crippen molar-refractivity contribution in [3.05, 3.63) is 95.6 Å². The number of hydrogen-bond acceptors (Lipinski definition) is 3. The highest BCUT2D eigenvalue weighted by atomic mass is 19.4. The second-order valence-electron chi connectivity index (χ2n) is 8.15. The molecule has 2 unspecified atom stereocenters. The molecule has 33 heavy (non-hydrogen) atoms. The van der Waals surface area contributed by atoms with Gasteiger partial charge in [-0.15, -0.1) is 0 Å². The Labute approximate surface area is 190 Å². The predicted octanol–water partition coefficient (Wildman–Crippen LogP) is 6.38. The van der Waals surface area contributed by atoms with E-state index in [4.69, 9.17) is 4.74 Å². The fraction of sp³-hybridized carbons (Fsp3) is 0.269. The normalized spacial score (nSPS) is 18.0. The predicted molar refractivity (Wildman–Crippen MR) is 118 cm³/mol. The monoisotopic (exact) mass is 455 g/mol. The number of carboxylic acids is 1. The molecule has 0 saturated carbocycles. The molecule has 0 amide bonds. The molecule has 1 aliphatic rings. The maximum Gasteiger partial charge on any atom is 0.416 e. The summed E-state index contributed by atoms with van der Waals surface area (Å²) in [5, 5.41) is 9.54. The van der Waals surface area contributed by atoms with E-state index in [9.17, 15) is 23.1 Å². The summed E-state index contributed by atoms with van der Waals surface area (Å²) >= 11 is 0. The van der Waals surface area contributed by atoms with Gasteiger partial charge in [0.15, 0.2) is 0 Å². The Hall–Kier alpha value is -3.32. The lowest BCUT2D eigenvalue weighted by Crippen LogP contribution is -2.41. The van der Waals surface area contributed by atoms with E-state index < -0.39 is 29.7 Å². The Morgan fingerprint density at radius 2 is 1.67 bits per heavy atom. The van der Waals surface area contributed by atoms with Gasteiger partial charge in [-0.3, -0.25) is 9.69 Å². The number of likely N-dealkylation sites (tertiary alicyclic amines) is 1. The van der Waals surface area contributed by atoms with E-state index in [-0.39, 0.29) is 12.1 Å². The van der Waals surface area contributed by atoms with Crippen molar-refractivity contribution in [3.8, 4) is 11.5 Å². The van der Waals surface area contributed by atoms with Gasteiger partial charge in [0.05, 0.1) is 17.5 Å². The average Bonchev–Trinajstić information content (AvgIpc) is 2.80. The summed E-state index contributed by atoms with van der Waals surface area (Å²) in [7, 11) is 0. The smallest absolute Gasteiger partial charge is 0.416 e. The molecule has 172 valence electrons. The van der Waals surface area contributed by atoms with Crippen LogP contribution in [0.2, 0.25) is 0 Å². The fourth-order valence-electron chi connectivity index (χ4n) is 4.40. The molecule has 0 aliphatic carbocycles. The summed E-state index contributed by atoms with van der Waals surface area (Å²) in [5.41, 5.74) is 0.000832. The maximum atomic E-state index is 13.9. The van der Waals surface area contributed by atoms with Crippen LogP contribution in [0, 0.1) is 5.92 Å². The van der Waals surface area contributed by atoms with Gasteiger partial charge in [0.25, 0.3) is 0 Å². The Balaban J connectivity index is 1.77. The van der Waals surface area contributed by atoms with E-state index in [0.717, 1.165) is 6.07 Å². The zero-order valence-corrected chi connectivity index (χ0v) is 17.8. The zero-order chi connectivity index (χ0) is 23.4. The van der Waals surface area contributed by atoms with Crippen LogP contribution in [-0.4, -0.2) is 29.1 Å². The Morgan fingerprint density at radius 3 is 2.39 bits per heavy atom. The minimum atomic E-state index is -4.53. The minimum absolute atomic E-state index is 0.105. The fourth-order valence-corrected chi connectivity index (χ4v) is 4.40. The van der Waals surface area contributed by atoms with E-state index in [0.29, 0.717) is 36.4 Å². The zero-order valence-electron chi connectivity index (χ0n) is 17.8. The number of aliphatic carboxylic acids is 1. The largest absolute Gasteiger partial charge is 0.481 e. The van der Waals surface area contributed by atoms with Gasteiger partial charge < -0.3 is 9.84 Å². The van der Waals surface area contributed by atoms with Gasteiger partial charge >= 0.3 is 12.1 Å². The standard InChI is InChI=1S/C26H24F3NO3/c27-26(28,29)23-14-5-4-13-22(23)24(30-15-7-9-19(17-30)25(31)32)18-8-6-12-21(16-18)33-20-10-2-1-3-11-20/h1-6,8,10-14,16,19,24H,7,9,15,17H2,(H,31,32). The van der Waals surface area contributed by atoms with Gasteiger partial charge in [-0.05, 0) is 60.8 Å². The summed E-state index contributed by atoms with van der Waals surface area (Å²) < 4.78 is 47.7. The van der Waals surface area contributed by atoms with Crippen molar-refractivity contribution in [1.29, 1.82) is 0 Å². The van der Waals surface area contributed by atoms with E-state index in [1.807, 2.05) is 23.1 Å². The number of rotatable bonds is 6. The van der Waals surface area contributed by atoms with E-state index in [1.165, 1.54) is 12.1 Å². The second kappa shape index (κ2) is 9.67. The molecule has 7 heteroatoms. The van der Waals surface area contributed by atoms with Gasteiger partial charge in [-0.1, -0.05) is 48.5 Å². The lowest BCUT2D eigenvalue weighted by molar-refractivity contribution is -0.144. The van der Waals surface area contributed by atoms with Crippen molar-refractivity contribution < 1.29 is 27.8 Å². The molecule has 1 saturated heterocycles. The molecule has 0 aromatic heterocycles. The Bertz CT molecular complexity index is 1100. The number of ether oxygens (including phenoxy) is 1. The third-order valence-electron chi connectivity index (χ3n) is 5.88. The summed E-state index contributed by atoms with van der Waals surface area (Å²) in [4.78, 5) is 13.5. The van der Waals surface area contributed by atoms with Crippen LogP contribution in [-0.2, 0) is 11.0 Å². The van der Waals surface area contributed by atoms with E-state index in [2.05, 4.69) is 0 Å². The van der Waals surface area contributed by atoms with Crippen molar-refractivity contribution in [2.24, 2.45) is 5.92 Å². The molecule has 2 atom stereocenters. The van der Waals surface area contributed by atoms with E-state index in [1.54, 1.807) is 42.5 Å². The van der Waals surface area contributed by atoms with Crippen molar-refractivity contribution in [2.45, 2.75) is 25.1 Å². The van der Waals surface area contributed by atoms with Crippen LogP contribution in [0.25, 0.3) is 0 Å². The van der Waals surface area contributed by atoms with Crippen LogP contribution in [0.3, 0.4) is 0 Å². The molecule has 4 rings (SSSR count). The SMILES string of the molecule is O=C(O)C1CCCN(C(c2cccc(Oc3ccccc3)c2)c2ccccc2C(F)(F)F)C1. The molecule has 3 aromatic rings. The van der Waals surface area contributed by atoms with Crippen LogP contribution in [0.4, 0.5) is 13.2 Å². The quantitative estimate of drug-likeness (QED) is 0.468. The van der Waals surface area contributed by atoms with Gasteiger partial charge in [0.1, 0.15) is 11.5 Å². The van der Waals surface area contributed by atoms with Gasteiger partial charge in [0, 0.05) is 6.54 Å². The molecular weight excluding hydrogens is 431 g/mol. The summed E-state index contributed by atoms with van der Waals surface area (Å²) in [6, 6.07) is 20.9. The number of carboxylic acid groups (broad SMARTS) is 1. The molecule has 1 aliphatic heterocycles. The van der Waals surface area contributed by atoms with Crippen LogP contribution in [0.15, 0.2) is 78.9 Å². The van der Waals surface area contributed by atoms with Crippen molar-refractivity contribution in [1.82, 2.24) is 4.90 Å². The van der Waals surface area contributed by atoms with Crippen LogP contribution in [0.5, 0.6) is 11.5 Å². The van der Waals surface area contributed by atoms with Crippen molar-refractivity contribution in [2.75, 3.05) is 13.1 Å². The minimum Gasteiger partial charge on any atom is -0.481 e. The number of hydrogen-bond donors (Lipinski definition) is 1. The lowest BCUT2D eigenvalue weighted by atomic mass is 9.89. The lowest BCUT2D eigenvalue weighted by Gasteiger charge is -2.38. The number of nitrogens with zero attached hydrogens (tertiary/aromatic N) is 1. The van der Waals surface area contributed by atoms with Gasteiger partial charge in [0.2, 0.25) is 0 Å². The molecule has 1 fully saturated rings. The first-order chi connectivity index (χ1) is 15.8. The average molecular weight is 455 g/mol. The first-order valence-corrected chi connectivity index (χ1v) is 10.8. The first kappa shape index (κ1) is 22.9. The topological polar surface area (TPSA) is 49.8 Å². The number of halogens is 3. The van der Waals surface area contributed by atoms with Crippen molar-refractivity contribution in [3.63, 3.8) is 0 Å². The first-order valence-electron chi connectivity index (χ1n) is 10.8. The molecule has 3 aromatic carbocycles. The summed E-state index contributed by atoms with van der Waals surface area (Å²) in [5.74, 6) is -0.433. The molecule has 0 bridgehead atoms. The number of alkyl halides is 3. The third-order valence-corrected chi connectivity index (χ3v) is 5.88. The maximum absolute atomic E-state index is 13.9. The Kier molecular flexibility index (Phi) is 6.70. The van der Waals surface area contributed by atoms with Crippen LogP contribution in [0.1, 0.15) is 35.6 Å². The molecular formula is C26H24F3NO3. The third kappa shape index (κ3) is 5.37. The number of benzene rings is 3. The number of para-hydroxylation sites is 1. The highest BCUT2D eigenvalue weighted by molar-refractivity contribution is 5.70. The molecule has 1 heterocycles. The highest BCUT2D eigenvalue weighted by Crippen LogP contribution is 2.41. The number of piperidine rings is 1. The Morgan fingerprint density at radius 1 is 0.970 bits per heavy atom. The molecule has 4 nitrogen and oxygen atoms in total. The number of carbonyl (C=O) groups is 1. The molecule has 0 spiro atoms. The van der Waals surface area contributed by atoms with Crippen LogP contribution < -0.4 is 4.74 Å². The highest BCUT2D eigenvalue weighted by Gasteiger charge is 2.38. The van der Waals surface area contributed by atoms with Crippen molar-refractivity contribution >= 4 is 5.97 Å². The molecule has 0 radical (unpaired) electrons. The second-order valence-corrected chi connectivity index (χ2v) is 8.15. The van der Waals surface area contributed by atoms with Crippen LogP contribution >= 0.6 is 0 Å². The van der Waals surface area contributed by atoms with E-state index >= 15 is 0 Å².